The topological polar surface area (TPSA) is 46.4 Å². The predicted molar refractivity (Wildman–Crippen MR) is 49.5 cm³/mol. The highest BCUT2D eigenvalue weighted by Gasteiger charge is 2.27. The second-order valence-corrected chi connectivity index (χ2v) is 3.65. The highest BCUT2D eigenvalue weighted by molar-refractivity contribution is 5.82. The summed E-state index contributed by atoms with van der Waals surface area (Å²) in [5.41, 5.74) is 0. The molecule has 2 rings (SSSR count). The SMILES string of the molecule is O=C(C1CCCN1)N1CC[N]CC1. The summed E-state index contributed by atoms with van der Waals surface area (Å²) in [5.74, 6) is 0.285. The molecule has 0 saturated carbocycles. The first kappa shape index (κ1) is 8.97. The Morgan fingerprint density at radius 1 is 1.38 bits per heavy atom. The summed E-state index contributed by atoms with van der Waals surface area (Å²) >= 11 is 0. The van der Waals surface area contributed by atoms with Gasteiger partial charge in [-0.15, -0.1) is 0 Å². The van der Waals surface area contributed by atoms with E-state index in [0.29, 0.717) is 0 Å². The lowest BCUT2D eigenvalue weighted by molar-refractivity contribution is -0.133. The van der Waals surface area contributed by atoms with Gasteiger partial charge in [0.15, 0.2) is 0 Å². The summed E-state index contributed by atoms with van der Waals surface area (Å²) in [7, 11) is 0. The third-order valence-electron chi connectivity index (χ3n) is 2.73. The van der Waals surface area contributed by atoms with Crippen molar-refractivity contribution >= 4 is 5.91 Å². The van der Waals surface area contributed by atoms with Crippen LogP contribution in [0.3, 0.4) is 0 Å². The quantitative estimate of drug-likeness (QED) is 0.576. The fourth-order valence-electron chi connectivity index (χ4n) is 1.94. The molecule has 2 saturated heterocycles. The van der Waals surface area contributed by atoms with Gasteiger partial charge < -0.3 is 10.2 Å². The van der Waals surface area contributed by atoms with Gasteiger partial charge in [-0.3, -0.25) is 4.79 Å². The molecular weight excluding hydrogens is 166 g/mol. The molecule has 1 atom stereocenters. The van der Waals surface area contributed by atoms with Gasteiger partial charge in [0, 0.05) is 26.2 Å². The van der Waals surface area contributed by atoms with Crippen LogP contribution in [0.4, 0.5) is 0 Å². The van der Waals surface area contributed by atoms with Crippen molar-refractivity contribution in [1.29, 1.82) is 0 Å². The van der Waals surface area contributed by atoms with Gasteiger partial charge in [0.05, 0.1) is 6.04 Å². The average molecular weight is 182 g/mol. The van der Waals surface area contributed by atoms with Crippen LogP contribution in [0, 0.1) is 0 Å². The van der Waals surface area contributed by atoms with Crippen LogP contribution in [-0.2, 0) is 4.79 Å². The van der Waals surface area contributed by atoms with Crippen molar-refractivity contribution in [3.63, 3.8) is 0 Å². The van der Waals surface area contributed by atoms with E-state index in [0.717, 1.165) is 45.6 Å². The second kappa shape index (κ2) is 4.07. The van der Waals surface area contributed by atoms with Crippen molar-refractivity contribution in [3.8, 4) is 0 Å². The normalized spacial score (nSPS) is 29.2. The molecule has 1 N–H and O–H groups in total. The molecule has 0 aromatic rings. The van der Waals surface area contributed by atoms with Crippen molar-refractivity contribution in [3.05, 3.63) is 0 Å². The minimum absolute atomic E-state index is 0.0955. The second-order valence-electron chi connectivity index (χ2n) is 3.65. The van der Waals surface area contributed by atoms with E-state index in [9.17, 15) is 4.79 Å². The predicted octanol–water partition coefficient (Wildman–Crippen LogP) is -0.815. The molecule has 1 amide bonds. The molecular formula is C9H16N3O. The summed E-state index contributed by atoms with van der Waals surface area (Å²) in [6, 6.07) is 0.0955. The molecule has 2 aliphatic heterocycles. The van der Waals surface area contributed by atoms with Crippen LogP contribution in [-0.4, -0.2) is 49.6 Å². The fraction of sp³-hybridized carbons (Fsp3) is 0.889. The Morgan fingerprint density at radius 3 is 2.77 bits per heavy atom. The monoisotopic (exact) mass is 182 g/mol. The van der Waals surface area contributed by atoms with Crippen LogP contribution in [0.25, 0.3) is 0 Å². The molecule has 2 fully saturated rings. The molecule has 0 aromatic carbocycles. The van der Waals surface area contributed by atoms with E-state index in [1.807, 2.05) is 4.90 Å². The van der Waals surface area contributed by atoms with Crippen LogP contribution in [0.5, 0.6) is 0 Å². The van der Waals surface area contributed by atoms with Crippen LogP contribution >= 0.6 is 0 Å². The van der Waals surface area contributed by atoms with Crippen molar-refractivity contribution in [2.24, 2.45) is 0 Å². The summed E-state index contributed by atoms with van der Waals surface area (Å²) in [5, 5.41) is 7.45. The number of carbonyl (C=O) groups excluding carboxylic acids is 1. The lowest BCUT2D eigenvalue weighted by atomic mass is 10.2. The Morgan fingerprint density at radius 2 is 2.15 bits per heavy atom. The van der Waals surface area contributed by atoms with E-state index < -0.39 is 0 Å². The Kier molecular flexibility index (Phi) is 2.80. The number of nitrogens with one attached hydrogen (secondary N) is 1. The number of amides is 1. The molecule has 4 heteroatoms. The molecule has 4 nitrogen and oxygen atoms in total. The third-order valence-corrected chi connectivity index (χ3v) is 2.73. The molecule has 1 radical (unpaired) electrons. The van der Waals surface area contributed by atoms with Crippen molar-refractivity contribution in [1.82, 2.24) is 15.5 Å². The average Bonchev–Trinajstić information content (AvgIpc) is 2.71. The molecule has 73 valence electrons. The van der Waals surface area contributed by atoms with Gasteiger partial charge in [-0.25, -0.2) is 5.32 Å². The van der Waals surface area contributed by atoms with E-state index in [4.69, 9.17) is 0 Å². The smallest absolute Gasteiger partial charge is 0.239 e. The van der Waals surface area contributed by atoms with Gasteiger partial charge in [-0.05, 0) is 19.4 Å². The highest BCUT2D eigenvalue weighted by Crippen LogP contribution is 2.09. The van der Waals surface area contributed by atoms with Crippen molar-refractivity contribution in [2.75, 3.05) is 32.7 Å². The zero-order valence-corrected chi connectivity index (χ0v) is 7.83. The number of piperazine rings is 1. The molecule has 0 bridgehead atoms. The number of hydrogen-bond acceptors (Lipinski definition) is 2. The molecule has 0 spiro atoms. The maximum absolute atomic E-state index is 11.8. The first-order chi connectivity index (χ1) is 6.38. The summed E-state index contributed by atoms with van der Waals surface area (Å²) in [6.07, 6.45) is 2.14. The maximum Gasteiger partial charge on any atom is 0.239 e. The van der Waals surface area contributed by atoms with Gasteiger partial charge in [0.1, 0.15) is 0 Å². The number of rotatable bonds is 1. The van der Waals surface area contributed by atoms with Gasteiger partial charge in [-0.2, -0.15) is 0 Å². The molecule has 2 aliphatic rings. The maximum atomic E-state index is 11.8. The van der Waals surface area contributed by atoms with Gasteiger partial charge in [0.2, 0.25) is 5.91 Å². The van der Waals surface area contributed by atoms with Crippen molar-refractivity contribution in [2.45, 2.75) is 18.9 Å². The van der Waals surface area contributed by atoms with Crippen LogP contribution in [0.15, 0.2) is 0 Å². The Hall–Kier alpha value is -0.610. The third kappa shape index (κ3) is 2.00. The first-order valence-electron chi connectivity index (χ1n) is 5.03. The van der Waals surface area contributed by atoms with Crippen LogP contribution in [0.1, 0.15) is 12.8 Å². The minimum Gasteiger partial charge on any atom is -0.339 e. The zero-order valence-electron chi connectivity index (χ0n) is 7.83. The zero-order chi connectivity index (χ0) is 9.10. The van der Waals surface area contributed by atoms with Crippen LogP contribution < -0.4 is 10.6 Å². The highest BCUT2D eigenvalue weighted by atomic mass is 16.2. The molecule has 13 heavy (non-hydrogen) atoms. The first-order valence-corrected chi connectivity index (χ1v) is 5.03. The molecule has 1 unspecified atom stereocenters. The minimum atomic E-state index is 0.0955. The lowest BCUT2D eigenvalue weighted by Crippen LogP contribution is -2.50. The molecule has 0 aliphatic carbocycles. The molecule has 2 heterocycles. The standard InChI is InChI=1S/C9H16N3O/c13-9(8-2-1-3-11-8)12-6-4-10-5-7-12/h8,11H,1-7H2. The van der Waals surface area contributed by atoms with E-state index >= 15 is 0 Å². The van der Waals surface area contributed by atoms with E-state index in [2.05, 4.69) is 10.6 Å². The van der Waals surface area contributed by atoms with E-state index in [1.165, 1.54) is 0 Å². The Bertz CT molecular complexity index is 183. The van der Waals surface area contributed by atoms with Crippen LogP contribution in [0.2, 0.25) is 0 Å². The van der Waals surface area contributed by atoms with Gasteiger partial charge in [-0.1, -0.05) is 0 Å². The largest absolute Gasteiger partial charge is 0.339 e. The number of carbonyl (C=O) groups is 1. The summed E-state index contributed by atoms with van der Waals surface area (Å²) in [4.78, 5) is 13.8. The lowest BCUT2D eigenvalue weighted by Gasteiger charge is -2.28. The number of nitrogens with zero attached hydrogens (tertiary/aromatic N) is 2. The summed E-state index contributed by atoms with van der Waals surface area (Å²) < 4.78 is 0. The number of hydrogen-bond donors (Lipinski definition) is 1. The van der Waals surface area contributed by atoms with E-state index in [-0.39, 0.29) is 11.9 Å². The Balaban J connectivity index is 1.87. The van der Waals surface area contributed by atoms with Gasteiger partial charge in [0.25, 0.3) is 0 Å². The summed E-state index contributed by atoms with van der Waals surface area (Å²) in [6.45, 7) is 4.26. The van der Waals surface area contributed by atoms with Crippen molar-refractivity contribution < 1.29 is 4.79 Å². The van der Waals surface area contributed by atoms with E-state index in [1.54, 1.807) is 0 Å². The fourth-order valence-corrected chi connectivity index (χ4v) is 1.94. The van der Waals surface area contributed by atoms with Gasteiger partial charge >= 0.3 is 0 Å². The Labute approximate surface area is 78.7 Å². The molecule has 0 aromatic heterocycles.